The quantitative estimate of drug-likeness (QED) is 0.479. The third kappa shape index (κ3) is 1.84. The molecule has 0 aliphatic carbocycles. The average Bonchev–Trinajstić information content (AvgIpc) is 1.65. The van der Waals surface area contributed by atoms with Gasteiger partial charge in [-0.15, -0.1) is 0 Å². The summed E-state index contributed by atoms with van der Waals surface area (Å²) in [5.41, 5.74) is 11.4. The van der Waals surface area contributed by atoms with E-state index in [1.54, 1.807) is 0 Å². The Morgan fingerprint density at radius 2 is 2.50 bits per heavy atom. The highest BCUT2D eigenvalue weighted by Crippen LogP contribution is 1.82. The van der Waals surface area contributed by atoms with Gasteiger partial charge in [0.05, 0.1) is 0 Å². The van der Waals surface area contributed by atoms with Gasteiger partial charge in [0.25, 0.3) is 0 Å². The molecule has 1 atom stereocenters. The van der Waals surface area contributed by atoms with Gasteiger partial charge in [-0.25, -0.2) is 5.53 Å². The topological polar surface area (TPSA) is 62.2 Å². The summed E-state index contributed by atoms with van der Waals surface area (Å²) in [6, 6.07) is 0. The van der Waals surface area contributed by atoms with Crippen LogP contribution < -0.4 is 5.73 Å². The molecular formula is C3H9N3. The van der Waals surface area contributed by atoms with Crippen LogP contribution in [0.15, 0.2) is 5.11 Å². The van der Waals surface area contributed by atoms with Gasteiger partial charge >= 0.3 is 0 Å². The van der Waals surface area contributed by atoms with Crippen LogP contribution in [-0.2, 0) is 0 Å². The highest BCUT2D eigenvalue weighted by Gasteiger charge is 1.87. The molecule has 0 heterocycles. The molecule has 3 N–H and O–H groups in total. The summed E-state index contributed by atoms with van der Waals surface area (Å²) in [7, 11) is 0. The van der Waals surface area contributed by atoms with Crippen molar-refractivity contribution in [2.75, 3.05) is 0 Å². The minimum Gasteiger partial charge on any atom is -0.308 e. The van der Waals surface area contributed by atoms with Crippen molar-refractivity contribution in [2.24, 2.45) is 10.8 Å². The zero-order valence-corrected chi connectivity index (χ0v) is 3.81. The third-order valence-corrected chi connectivity index (χ3v) is 0.584. The Hall–Kier alpha value is -0.440. The summed E-state index contributed by atoms with van der Waals surface area (Å²) < 4.78 is 0. The molecule has 0 saturated carbocycles. The Labute approximate surface area is 37.0 Å². The van der Waals surface area contributed by atoms with Gasteiger partial charge in [0.2, 0.25) is 0 Å². The molecule has 0 rings (SSSR count). The average molecular weight is 87.1 g/mol. The molecule has 0 spiro atoms. The van der Waals surface area contributed by atoms with Crippen molar-refractivity contribution < 1.29 is 0 Å². The van der Waals surface area contributed by atoms with Gasteiger partial charge in [0, 0.05) is 0 Å². The summed E-state index contributed by atoms with van der Waals surface area (Å²) in [5.74, 6) is 0. The molecule has 0 aromatic carbocycles. The maximum absolute atomic E-state index is 6.31. The lowest BCUT2D eigenvalue weighted by Gasteiger charge is -1.92. The minimum atomic E-state index is -0.273. The molecular weight excluding hydrogens is 78.1 g/mol. The number of rotatable bonds is 2. The van der Waals surface area contributed by atoms with Crippen molar-refractivity contribution in [1.82, 2.24) is 0 Å². The first kappa shape index (κ1) is 5.56. The summed E-state index contributed by atoms with van der Waals surface area (Å²) in [6.45, 7) is 1.89. The largest absolute Gasteiger partial charge is 0.308 e. The first-order chi connectivity index (χ1) is 2.81. The highest BCUT2D eigenvalue weighted by atomic mass is 15.1. The van der Waals surface area contributed by atoms with Crippen molar-refractivity contribution in [3.8, 4) is 0 Å². The second-order valence-corrected chi connectivity index (χ2v) is 1.10. The SMILES string of the molecule is CCC(N)N=N. The van der Waals surface area contributed by atoms with E-state index in [9.17, 15) is 0 Å². The van der Waals surface area contributed by atoms with E-state index < -0.39 is 0 Å². The van der Waals surface area contributed by atoms with Crippen LogP contribution in [0.4, 0.5) is 0 Å². The van der Waals surface area contributed by atoms with Crippen LogP contribution in [-0.4, -0.2) is 6.17 Å². The maximum Gasteiger partial charge on any atom is 0.117 e. The molecule has 0 amide bonds. The van der Waals surface area contributed by atoms with Crippen LogP contribution in [0, 0.1) is 5.53 Å². The van der Waals surface area contributed by atoms with Crippen molar-refractivity contribution >= 4 is 0 Å². The third-order valence-electron chi connectivity index (χ3n) is 0.584. The second kappa shape index (κ2) is 2.78. The fourth-order valence-corrected chi connectivity index (χ4v) is 0.0913. The van der Waals surface area contributed by atoms with Crippen LogP contribution in [0.1, 0.15) is 13.3 Å². The number of hydrogen-bond donors (Lipinski definition) is 2. The van der Waals surface area contributed by atoms with Gasteiger partial charge in [-0.3, -0.25) is 0 Å². The smallest absolute Gasteiger partial charge is 0.117 e. The van der Waals surface area contributed by atoms with Crippen molar-refractivity contribution in [3.05, 3.63) is 0 Å². The van der Waals surface area contributed by atoms with Gasteiger partial charge < -0.3 is 5.73 Å². The summed E-state index contributed by atoms with van der Waals surface area (Å²) in [5, 5.41) is 3.03. The van der Waals surface area contributed by atoms with Gasteiger partial charge in [-0.2, -0.15) is 5.11 Å². The van der Waals surface area contributed by atoms with E-state index in [4.69, 9.17) is 11.3 Å². The van der Waals surface area contributed by atoms with Crippen molar-refractivity contribution in [3.63, 3.8) is 0 Å². The molecule has 0 saturated heterocycles. The van der Waals surface area contributed by atoms with E-state index in [1.807, 2.05) is 6.92 Å². The molecule has 3 heteroatoms. The van der Waals surface area contributed by atoms with Gasteiger partial charge in [0.1, 0.15) is 6.17 Å². The highest BCUT2D eigenvalue weighted by molar-refractivity contribution is 4.44. The number of hydrogen-bond acceptors (Lipinski definition) is 3. The molecule has 0 aromatic heterocycles. The molecule has 0 aromatic rings. The Morgan fingerprint density at radius 1 is 2.00 bits per heavy atom. The summed E-state index contributed by atoms with van der Waals surface area (Å²) in [4.78, 5) is 0. The molecule has 1 unspecified atom stereocenters. The second-order valence-electron chi connectivity index (χ2n) is 1.10. The zero-order chi connectivity index (χ0) is 4.99. The monoisotopic (exact) mass is 87.1 g/mol. The molecule has 0 bridgehead atoms. The Balaban J connectivity index is 2.96. The molecule has 36 valence electrons. The lowest BCUT2D eigenvalue weighted by Crippen LogP contribution is -2.13. The predicted molar refractivity (Wildman–Crippen MR) is 23.4 cm³/mol. The van der Waals surface area contributed by atoms with Crippen LogP contribution in [0.2, 0.25) is 0 Å². The molecule has 3 nitrogen and oxygen atoms in total. The molecule has 0 fully saturated rings. The van der Waals surface area contributed by atoms with Gasteiger partial charge in [-0.05, 0) is 6.42 Å². The standard InChI is InChI=1S/C3H9N3/c1-2-3(4)6-5/h3,5H,2,4H2,1H3. The molecule has 0 aliphatic heterocycles. The fraction of sp³-hybridized carbons (Fsp3) is 1.00. The summed E-state index contributed by atoms with van der Waals surface area (Å²) in [6.07, 6.45) is 0.480. The number of nitrogens with zero attached hydrogens (tertiary/aromatic N) is 1. The van der Waals surface area contributed by atoms with Gasteiger partial charge in [0.15, 0.2) is 0 Å². The number of nitrogens with one attached hydrogen (secondary N) is 1. The van der Waals surface area contributed by atoms with Crippen LogP contribution in [0.25, 0.3) is 0 Å². The van der Waals surface area contributed by atoms with Crippen molar-refractivity contribution in [2.45, 2.75) is 19.5 Å². The first-order valence-corrected chi connectivity index (χ1v) is 1.93. The molecule has 0 radical (unpaired) electrons. The summed E-state index contributed by atoms with van der Waals surface area (Å²) >= 11 is 0. The van der Waals surface area contributed by atoms with Crippen LogP contribution in [0.3, 0.4) is 0 Å². The molecule has 6 heavy (non-hydrogen) atoms. The lowest BCUT2D eigenvalue weighted by molar-refractivity contribution is 0.632. The lowest BCUT2D eigenvalue weighted by atomic mass is 10.4. The van der Waals surface area contributed by atoms with Gasteiger partial charge in [-0.1, -0.05) is 6.92 Å². The number of nitrogens with two attached hydrogens (primary N) is 1. The van der Waals surface area contributed by atoms with E-state index in [1.165, 1.54) is 0 Å². The zero-order valence-electron chi connectivity index (χ0n) is 3.81. The molecule has 0 aliphatic rings. The van der Waals surface area contributed by atoms with E-state index in [0.717, 1.165) is 6.42 Å². The van der Waals surface area contributed by atoms with Crippen LogP contribution >= 0.6 is 0 Å². The predicted octanol–water partition coefficient (Wildman–Crippen LogP) is 0.712. The van der Waals surface area contributed by atoms with E-state index >= 15 is 0 Å². The Kier molecular flexibility index (Phi) is 2.58. The van der Waals surface area contributed by atoms with E-state index in [-0.39, 0.29) is 6.17 Å². The van der Waals surface area contributed by atoms with Crippen LogP contribution in [0.5, 0.6) is 0 Å². The minimum absolute atomic E-state index is 0.273. The van der Waals surface area contributed by atoms with E-state index in [0.29, 0.717) is 0 Å². The first-order valence-electron chi connectivity index (χ1n) is 1.93. The maximum atomic E-state index is 6.31. The Morgan fingerprint density at radius 3 is 2.50 bits per heavy atom. The Bertz CT molecular complexity index is 43.3. The fourth-order valence-electron chi connectivity index (χ4n) is 0.0913. The van der Waals surface area contributed by atoms with E-state index in [2.05, 4.69) is 5.11 Å². The normalized spacial score (nSPS) is 13.7. The van der Waals surface area contributed by atoms with Crippen molar-refractivity contribution in [1.29, 1.82) is 5.53 Å².